The molecule has 0 aliphatic carbocycles. The Balaban J connectivity index is 2.09. The first-order valence-electron chi connectivity index (χ1n) is 10.5. The van der Waals surface area contributed by atoms with Gasteiger partial charge in [-0.2, -0.15) is 5.26 Å². The van der Waals surface area contributed by atoms with E-state index in [1.54, 1.807) is 0 Å². The number of rotatable bonds is 8. The number of anilines is 1. The molecule has 0 fully saturated rings. The molecule has 0 atom stereocenters. The van der Waals surface area contributed by atoms with Gasteiger partial charge in [-0.15, -0.1) is 0 Å². The highest BCUT2D eigenvalue weighted by Gasteiger charge is 2.19. The van der Waals surface area contributed by atoms with E-state index in [4.69, 9.17) is 4.74 Å². The molecule has 1 heterocycles. The summed E-state index contributed by atoms with van der Waals surface area (Å²) >= 11 is 0. The molecule has 0 bridgehead atoms. The number of nitrogens with one attached hydrogen (secondary N) is 2. The van der Waals surface area contributed by atoms with E-state index in [2.05, 4.69) is 28.2 Å². The molecular weight excluding hydrogens is 376 g/mol. The number of carbonyl (C=O) groups is 1. The van der Waals surface area contributed by atoms with Gasteiger partial charge in [-0.3, -0.25) is 0 Å². The van der Waals surface area contributed by atoms with Gasteiger partial charge >= 0.3 is 6.03 Å². The van der Waals surface area contributed by atoms with Crippen LogP contribution >= 0.6 is 0 Å². The number of nitrogens with zero attached hydrogens (tertiary/aromatic N) is 2. The molecule has 2 aromatic carbocycles. The average Bonchev–Trinajstić information content (AvgIpc) is 3.06. The summed E-state index contributed by atoms with van der Waals surface area (Å²) in [6, 6.07) is 15.7. The first-order chi connectivity index (χ1) is 14.6. The smallest absolute Gasteiger partial charge is 0.319 e. The zero-order chi connectivity index (χ0) is 21.5. The molecule has 0 saturated carbocycles. The SMILES string of the molecule is CCCCn1c(-c2ccc(NC(=O)NCC)cc2)c(C#N)c2ccc(OCC)cc21. The van der Waals surface area contributed by atoms with Crippen LogP contribution < -0.4 is 15.4 Å². The maximum Gasteiger partial charge on any atom is 0.319 e. The van der Waals surface area contributed by atoms with Crippen molar-refractivity contribution in [3.8, 4) is 23.1 Å². The van der Waals surface area contributed by atoms with E-state index < -0.39 is 0 Å². The zero-order valence-corrected chi connectivity index (χ0v) is 17.8. The number of unbranched alkanes of at least 4 members (excludes halogenated alkanes) is 1. The van der Waals surface area contributed by atoms with E-state index in [0.717, 1.165) is 47.3 Å². The van der Waals surface area contributed by atoms with Crippen LogP contribution in [-0.4, -0.2) is 23.7 Å². The molecule has 0 unspecified atom stereocenters. The minimum Gasteiger partial charge on any atom is -0.494 e. The number of hydrogen-bond donors (Lipinski definition) is 2. The van der Waals surface area contributed by atoms with Crippen molar-refractivity contribution in [1.29, 1.82) is 5.26 Å². The topological polar surface area (TPSA) is 79.1 Å². The van der Waals surface area contributed by atoms with E-state index in [0.29, 0.717) is 24.4 Å². The first-order valence-corrected chi connectivity index (χ1v) is 10.5. The normalized spacial score (nSPS) is 10.6. The zero-order valence-electron chi connectivity index (χ0n) is 17.8. The Morgan fingerprint density at radius 1 is 1.13 bits per heavy atom. The molecule has 3 aromatic rings. The van der Waals surface area contributed by atoms with Gasteiger partial charge in [0.25, 0.3) is 0 Å². The summed E-state index contributed by atoms with van der Waals surface area (Å²) in [6.45, 7) is 7.97. The van der Waals surface area contributed by atoms with Gasteiger partial charge in [0.15, 0.2) is 0 Å². The van der Waals surface area contributed by atoms with Crippen molar-refractivity contribution in [2.45, 2.75) is 40.2 Å². The van der Waals surface area contributed by atoms with Crippen molar-refractivity contribution in [2.75, 3.05) is 18.5 Å². The number of benzene rings is 2. The maximum absolute atomic E-state index is 11.8. The summed E-state index contributed by atoms with van der Waals surface area (Å²) < 4.78 is 7.91. The van der Waals surface area contributed by atoms with Crippen molar-refractivity contribution in [3.63, 3.8) is 0 Å². The Kier molecular flexibility index (Phi) is 6.97. The van der Waals surface area contributed by atoms with E-state index in [9.17, 15) is 10.1 Å². The van der Waals surface area contributed by atoms with Gasteiger partial charge in [0.05, 0.1) is 23.4 Å². The number of nitriles is 1. The highest BCUT2D eigenvalue weighted by Crippen LogP contribution is 2.36. The summed E-state index contributed by atoms with van der Waals surface area (Å²) in [5, 5.41) is 16.4. The van der Waals surface area contributed by atoms with Gasteiger partial charge in [0.2, 0.25) is 0 Å². The molecule has 2 amide bonds. The van der Waals surface area contributed by atoms with Crippen molar-refractivity contribution in [3.05, 3.63) is 48.0 Å². The Morgan fingerprint density at radius 2 is 1.90 bits per heavy atom. The fourth-order valence-electron chi connectivity index (χ4n) is 3.59. The van der Waals surface area contributed by atoms with Crippen molar-refractivity contribution in [2.24, 2.45) is 0 Å². The predicted molar refractivity (Wildman–Crippen MR) is 121 cm³/mol. The highest BCUT2D eigenvalue weighted by molar-refractivity contribution is 5.96. The minimum atomic E-state index is -0.233. The standard InChI is InChI=1S/C24H28N4O2/c1-4-7-14-28-22-15-19(30-6-3)12-13-20(22)21(16-25)23(28)17-8-10-18(11-9-17)27-24(29)26-5-2/h8-13,15H,4-7,14H2,1-3H3,(H2,26,27,29). The number of urea groups is 1. The Hall–Kier alpha value is -3.46. The molecule has 0 spiro atoms. The van der Waals surface area contributed by atoms with Crippen molar-refractivity contribution >= 4 is 22.6 Å². The van der Waals surface area contributed by atoms with E-state index in [1.807, 2.05) is 56.3 Å². The second-order valence-electron chi connectivity index (χ2n) is 7.01. The van der Waals surface area contributed by atoms with Crippen LogP contribution in [-0.2, 0) is 6.54 Å². The van der Waals surface area contributed by atoms with Crippen LogP contribution in [0.3, 0.4) is 0 Å². The van der Waals surface area contributed by atoms with Gasteiger partial charge in [0, 0.05) is 30.2 Å². The predicted octanol–water partition coefficient (Wildman–Crippen LogP) is 5.52. The lowest BCUT2D eigenvalue weighted by Gasteiger charge is -2.12. The molecule has 1 aromatic heterocycles. The van der Waals surface area contributed by atoms with Crippen molar-refractivity contribution < 1.29 is 9.53 Å². The van der Waals surface area contributed by atoms with Crippen LogP contribution in [0.25, 0.3) is 22.2 Å². The number of hydrogen-bond acceptors (Lipinski definition) is 3. The summed E-state index contributed by atoms with van der Waals surface area (Å²) in [4.78, 5) is 11.8. The Labute approximate surface area is 177 Å². The Morgan fingerprint density at radius 3 is 2.53 bits per heavy atom. The number of carbonyl (C=O) groups excluding carboxylic acids is 1. The van der Waals surface area contributed by atoms with Crippen LogP contribution in [0.4, 0.5) is 10.5 Å². The Bertz CT molecular complexity index is 1060. The van der Waals surface area contributed by atoms with Gasteiger partial charge in [-0.1, -0.05) is 25.5 Å². The molecule has 156 valence electrons. The summed E-state index contributed by atoms with van der Waals surface area (Å²) in [5.74, 6) is 0.803. The van der Waals surface area contributed by atoms with Gasteiger partial charge in [-0.25, -0.2) is 4.79 Å². The third kappa shape index (κ3) is 4.41. The van der Waals surface area contributed by atoms with E-state index in [-0.39, 0.29) is 6.03 Å². The summed E-state index contributed by atoms with van der Waals surface area (Å²) in [6.07, 6.45) is 2.07. The van der Waals surface area contributed by atoms with Gasteiger partial charge < -0.3 is 19.9 Å². The molecular formula is C24H28N4O2. The molecule has 6 nitrogen and oxygen atoms in total. The lowest BCUT2D eigenvalue weighted by molar-refractivity contribution is 0.252. The summed E-state index contributed by atoms with van der Waals surface area (Å²) in [7, 11) is 0. The van der Waals surface area contributed by atoms with Crippen molar-refractivity contribution in [1.82, 2.24) is 9.88 Å². The van der Waals surface area contributed by atoms with Gasteiger partial charge in [0.1, 0.15) is 11.8 Å². The number of fused-ring (bicyclic) bond motifs is 1. The van der Waals surface area contributed by atoms with Gasteiger partial charge in [-0.05, 0) is 50.1 Å². The third-order valence-electron chi connectivity index (χ3n) is 4.95. The number of amides is 2. The molecule has 0 radical (unpaired) electrons. The molecule has 0 aliphatic heterocycles. The lowest BCUT2D eigenvalue weighted by atomic mass is 10.1. The second-order valence-corrected chi connectivity index (χ2v) is 7.01. The van der Waals surface area contributed by atoms with Crippen LogP contribution in [0.15, 0.2) is 42.5 Å². The lowest BCUT2D eigenvalue weighted by Crippen LogP contribution is -2.28. The fourth-order valence-corrected chi connectivity index (χ4v) is 3.59. The molecule has 30 heavy (non-hydrogen) atoms. The molecule has 6 heteroatoms. The average molecular weight is 405 g/mol. The maximum atomic E-state index is 11.8. The minimum absolute atomic E-state index is 0.233. The quantitative estimate of drug-likeness (QED) is 0.519. The van der Waals surface area contributed by atoms with Crippen LogP contribution in [0.1, 0.15) is 39.2 Å². The largest absolute Gasteiger partial charge is 0.494 e. The second kappa shape index (κ2) is 9.84. The van der Waals surface area contributed by atoms with Crippen LogP contribution in [0.5, 0.6) is 5.75 Å². The molecule has 2 N–H and O–H groups in total. The molecule has 3 rings (SSSR count). The van der Waals surface area contributed by atoms with Crippen LogP contribution in [0.2, 0.25) is 0 Å². The van der Waals surface area contributed by atoms with Crippen LogP contribution in [0, 0.1) is 11.3 Å². The monoisotopic (exact) mass is 404 g/mol. The summed E-state index contributed by atoms with van der Waals surface area (Å²) in [5.41, 5.74) is 4.22. The fraction of sp³-hybridized carbons (Fsp3) is 0.333. The van der Waals surface area contributed by atoms with E-state index in [1.165, 1.54) is 0 Å². The first kappa shape index (κ1) is 21.3. The number of ether oxygens (including phenoxy) is 1. The molecule has 0 aliphatic rings. The number of aromatic nitrogens is 1. The third-order valence-corrected chi connectivity index (χ3v) is 4.95. The van der Waals surface area contributed by atoms with E-state index >= 15 is 0 Å². The molecule has 0 saturated heterocycles. The highest BCUT2D eigenvalue weighted by atomic mass is 16.5. The number of aryl methyl sites for hydroxylation is 1.